The van der Waals surface area contributed by atoms with Gasteiger partial charge in [-0.2, -0.15) is 0 Å². The molecular formula is C23H27N3O5S. The molecule has 1 atom stereocenters. The number of rotatable bonds is 9. The molecule has 2 aromatic carbocycles. The van der Waals surface area contributed by atoms with Gasteiger partial charge in [-0.25, -0.2) is 4.98 Å². The second kappa shape index (κ2) is 10.3. The molecule has 1 heterocycles. The predicted molar refractivity (Wildman–Crippen MR) is 125 cm³/mol. The molecule has 3 aromatic rings. The summed E-state index contributed by atoms with van der Waals surface area (Å²) in [4.78, 5) is 30.3. The Labute approximate surface area is 190 Å². The first kappa shape index (κ1) is 23.3. The van der Waals surface area contributed by atoms with Gasteiger partial charge in [-0.05, 0) is 43.2 Å². The van der Waals surface area contributed by atoms with Gasteiger partial charge in [0.2, 0.25) is 5.91 Å². The Hall–Kier alpha value is -3.33. The summed E-state index contributed by atoms with van der Waals surface area (Å²) < 4.78 is 16.9. The van der Waals surface area contributed by atoms with Crippen molar-refractivity contribution >= 4 is 38.5 Å². The van der Waals surface area contributed by atoms with E-state index in [0.29, 0.717) is 28.8 Å². The van der Waals surface area contributed by atoms with Crippen LogP contribution in [0, 0.1) is 5.92 Å². The number of benzene rings is 2. The number of hydrogen-bond acceptors (Lipinski definition) is 7. The van der Waals surface area contributed by atoms with Crippen LogP contribution >= 0.6 is 11.3 Å². The standard InChI is InChI=1S/C23H27N3O5S/c1-6-31-15-7-8-18-19(12-15)32-23(24-18)26-22(28)20(13(2)3)25-21(27)14-9-16(29-4)11-17(10-14)30-5/h7-13,20H,6H2,1-5H3,(H,25,27)(H,24,26,28)/t20-/m0/s1. The molecule has 0 aliphatic rings. The molecule has 0 radical (unpaired) electrons. The predicted octanol–water partition coefficient (Wildman–Crippen LogP) is 4.11. The van der Waals surface area contributed by atoms with Gasteiger partial charge in [-0.1, -0.05) is 25.2 Å². The van der Waals surface area contributed by atoms with Crippen LogP contribution in [0.1, 0.15) is 31.1 Å². The fourth-order valence-corrected chi connectivity index (χ4v) is 3.99. The maximum Gasteiger partial charge on any atom is 0.252 e. The molecule has 0 saturated heterocycles. The van der Waals surface area contributed by atoms with Crippen molar-refractivity contribution in [3.05, 3.63) is 42.0 Å². The Morgan fingerprint density at radius 2 is 1.72 bits per heavy atom. The fraction of sp³-hybridized carbons (Fsp3) is 0.348. The topological polar surface area (TPSA) is 98.8 Å². The third kappa shape index (κ3) is 5.47. The molecular weight excluding hydrogens is 430 g/mol. The molecule has 2 N–H and O–H groups in total. The van der Waals surface area contributed by atoms with Crippen molar-refractivity contribution in [3.63, 3.8) is 0 Å². The lowest BCUT2D eigenvalue weighted by molar-refractivity contribution is -0.118. The Morgan fingerprint density at radius 3 is 2.31 bits per heavy atom. The van der Waals surface area contributed by atoms with Crippen molar-refractivity contribution < 1.29 is 23.8 Å². The van der Waals surface area contributed by atoms with Gasteiger partial charge in [0, 0.05) is 11.6 Å². The van der Waals surface area contributed by atoms with Crippen LogP contribution in [-0.4, -0.2) is 43.7 Å². The number of aromatic nitrogens is 1. The highest BCUT2D eigenvalue weighted by Crippen LogP contribution is 2.29. The Balaban J connectivity index is 1.76. The van der Waals surface area contributed by atoms with Crippen molar-refractivity contribution in [2.24, 2.45) is 5.92 Å². The molecule has 8 nitrogen and oxygen atoms in total. The molecule has 0 fully saturated rings. The first-order valence-electron chi connectivity index (χ1n) is 10.2. The third-order valence-corrected chi connectivity index (χ3v) is 5.68. The molecule has 1 aromatic heterocycles. The largest absolute Gasteiger partial charge is 0.497 e. The summed E-state index contributed by atoms with van der Waals surface area (Å²) in [6.07, 6.45) is 0. The van der Waals surface area contributed by atoms with Crippen molar-refractivity contribution in [3.8, 4) is 17.2 Å². The van der Waals surface area contributed by atoms with E-state index in [0.717, 1.165) is 16.0 Å². The van der Waals surface area contributed by atoms with Crippen molar-refractivity contribution in [2.75, 3.05) is 26.1 Å². The SMILES string of the molecule is CCOc1ccc2nc(NC(=O)[C@@H](NC(=O)c3cc(OC)cc(OC)c3)C(C)C)sc2c1. The molecule has 170 valence electrons. The zero-order chi connectivity index (χ0) is 23.3. The van der Waals surface area contributed by atoms with Gasteiger partial charge in [0.05, 0.1) is 31.0 Å². The Bertz CT molecular complexity index is 1090. The van der Waals surface area contributed by atoms with Crippen LogP contribution in [0.3, 0.4) is 0 Å². The summed E-state index contributed by atoms with van der Waals surface area (Å²) in [6.45, 7) is 6.22. The van der Waals surface area contributed by atoms with Crippen LogP contribution in [0.4, 0.5) is 5.13 Å². The van der Waals surface area contributed by atoms with E-state index in [1.54, 1.807) is 18.2 Å². The number of carbonyl (C=O) groups excluding carboxylic acids is 2. The van der Waals surface area contributed by atoms with Crippen molar-refractivity contribution in [1.82, 2.24) is 10.3 Å². The normalized spacial score (nSPS) is 11.8. The van der Waals surface area contributed by atoms with Crippen LogP contribution in [0.25, 0.3) is 10.2 Å². The minimum absolute atomic E-state index is 0.148. The quantitative estimate of drug-likeness (QED) is 0.502. The highest BCUT2D eigenvalue weighted by atomic mass is 32.1. The minimum atomic E-state index is -0.759. The highest BCUT2D eigenvalue weighted by molar-refractivity contribution is 7.22. The number of amides is 2. The summed E-state index contributed by atoms with van der Waals surface area (Å²) >= 11 is 1.35. The second-order valence-corrected chi connectivity index (χ2v) is 8.40. The molecule has 0 aliphatic carbocycles. The number of anilines is 1. The fourth-order valence-electron chi connectivity index (χ4n) is 3.10. The number of carbonyl (C=O) groups is 2. The summed E-state index contributed by atoms with van der Waals surface area (Å²) in [6, 6.07) is 9.69. The summed E-state index contributed by atoms with van der Waals surface area (Å²) in [7, 11) is 3.02. The average molecular weight is 458 g/mol. The van der Waals surface area contributed by atoms with Gasteiger partial charge in [0.15, 0.2) is 5.13 Å². The van der Waals surface area contributed by atoms with Gasteiger partial charge in [-0.15, -0.1) is 0 Å². The van der Waals surface area contributed by atoms with Gasteiger partial charge in [-0.3, -0.25) is 9.59 Å². The van der Waals surface area contributed by atoms with E-state index in [9.17, 15) is 9.59 Å². The smallest absolute Gasteiger partial charge is 0.252 e. The van der Waals surface area contributed by atoms with Crippen LogP contribution in [-0.2, 0) is 4.79 Å². The lowest BCUT2D eigenvalue weighted by Crippen LogP contribution is -2.47. The molecule has 0 spiro atoms. The van der Waals surface area contributed by atoms with Gasteiger partial charge in [0.1, 0.15) is 23.3 Å². The molecule has 2 amide bonds. The van der Waals surface area contributed by atoms with E-state index >= 15 is 0 Å². The first-order chi connectivity index (χ1) is 15.3. The van der Waals surface area contributed by atoms with E-state index in [-0.39, 0.29) is 11.8 Å². The number of nitrogens with zero attached hydrogens (tertiary/aromatic N) is 1. The van der Waals surface area contributed by atoms with Crippen molar-refractivity contribution in [2.45, 2.75) is 26.8 Å². The summed E-state index contributed by atoms with van der Waals surface area (Å²) in [5.41, 5.74) is 1.10. The van der Waals surface area contributed by atoms with Gasteiger partial charge >= 0.3 is 0 Å². The third-order valence-electron chi connectivity index (χ3n) is 4.75. The highest BCUT2D eigenvalue weighted by Gasteiger charge is 2.26. The van der Waals surface area contributed by atoms with Crippen LogP contribution < -0.4 is 24.8 Å². The molecule has 0 bridgehead atoms. The number of fused-ring (bicyclic) bond motifs is 1. The van der Waals surface area contributed by atoms with Crippen LogP contribution in [0.2, 0.25) is 0 Å². The lowest BCUT2D eigenvalue weighted by Gasteiger charge is -2.21. The minimum Gasteiger partial charge on any atom is -0.497 e. The van der Waals surface area contributed by atoms with E-state index < -0.39 is 11.9 Å². The van der Waals surface area contributed by atoms with Crippen molar-refractivity contribution in [1.29, 1.82) is 0 Å². The van der Waals surface area contributed by atoms with E-state index in [1.807, 2.05) is 39.0 Å². The van der Waals surface area contributed by atoms with Crippen LogP contribution in [0.15, 0.2) is 36.4 Å². The molecule has 3 rings (SSSR count). The lowest BCUT2D eigenvalue weighted by atomic mass is 10.0. The van der Waals surface area contributed by atoms with E-state index in [4.69, 9.17) is 14.2 Å². The zero-order valence-electron chi connectivity index (χ0n) is 18.7. The maximum atomic E-state index is 13.0. The van der Waals surface area contributed by atoms with E-state index in [1.165, 1.54) is 25.6 Å². The monoisotopic (exact) mass is 457 g/mol. The molecule has 32 heavy (non-hydrogen) atoms. The van der Waals surface area contributed by atoms with Crippen LogP contribution in [0.5, 0.6) is 17.2 Å². The first-order valence-corrected chi connectivity index (χ1v) is 11.0. The number of nitrogens with one attached hydrogen (secondary N) is 2. The second-order valence-electron chi connectivity index (χ2n) is 7.37. The van der Waals surface area contributed by atoms with Gasteiger partial charge < -0.3 is 24.8 Å². The molecule has 0 unspecified atom stereocenters. The number of methoxy groups -OCH3 is 2. The van der Waals surface area contributed by atoms with E-state index in [2.05, 4.69) is 15.6 Å². The number of ether oxygens (including phenoxy) is 3. The maximum absolute atomic E-state index is 13.0. The number of hydrogen-bond donors (Lipinski definition) is 2. The molecule has 0 aliphatic heterocycles. The zero-order valence-corrected chi connectivity index (χ0v) is 19.5. The Kier molecular flexibility index (Phi) is 7.53. The molecule has 9 heteroatoms. The average Bonchev–Trinajstić information content (AvgIpc) is 3.18. The summed E-state index contributed by atoms with van der Waals surface area (Å²) in [5.74, 6) is 0.837. The molecule has 0 saturated carbocycles. The Morgan fingerprint density at radius 1 is 1.03 bits per heavy atom. The number of thiazole rings is 1. The van der Waals surface area contributed by atoms with Gasteiger partial charge in [0.25, 0.3) is 5.91 Å². The summed E-state index contributed by atoms with van der Waals surface area (Å²) in [5, 5.41) is 6.10.